The molecule has 6 nitrogen and oxygen atoms in total. The van der Waals surface area contributed by atoms with Crippen LogP contribution in [0.25, 0.3) is 0 Å². The number of halogens is 2. The molecular weight excluding hydrogens is 320 g/mol. The van der Waals surface area contributed by atoms with Crippen molar-refractivity contribution < 1.29 is 23.0 Å². The second-order valence-electron chi connectivity index (χ2n) is 5.86. The van der Waals surface area contributed by atoms with E-state index in [2.05, 4.69) is 15.6 Å². The SMILES string of the molecule is CN=C(NCCOc1ccc(F)cc1F)NCC(=O)OC(C)(C)C. The van der Waals surface area contributed by atoms with Gasteiger partial charge in [0.05, 0.1) is 6.54 Å². The van der Waals surface area contributed by atoms with Gasteiger partial charge in [-0.2, -0.15) is 0 Å². The van der Waals surface area contributed by atoms with E-state index >= 15 is 0 Å². The lowest BCUT2D eigenvalue weighted by molar-refractivity contribution is -0.153. The van der Waals surface area contributed by atoms with Gasteiger partial charge in [0.1, 0.15) is 24.6 Å². The molecule has 24 heavy (non-hydrogen) atoms. The molecule has 0 unspecified atom stereocenters. The normalized spacial score (nSPS) is 11.8. The Morgan fingerprint density at radius 3 is 2.54 bits per heavy atom. The Kier molecular flexibility index (Phi) is 7.41. The standard InChI is InChI=1S/C16H23F2N3O3/c1-16(2,3)24-14(22)10-21-15(19-4)20-7-8-23-13-6-5-11(17)9-12(13)18/h5-6,9H,7-8,10H2,1-4H3,(H2,19,20,21). The van der Waals surface area contributed by atoms with Gasteiger partial charge in [-0.3, -0.25) is 9.79 Å². The fourth-order valence-corrected chi connectivity index (χ4v) is 1.68. The van der Waals surface area contributed by atoms with Crippen molar-refractivity contribution in [3.63, 3.8) is 0 Å². The zero-order chi connectivity index (χ0) is 18.2. The van der Waals surface area contributed by atoms with E-state index in [1.807, 2.05) is 0 Å². The van der Waals surface area contributed by atoms with E-state index in [1.165, 1.54) is 6.07 Å². The third kappa shape index (κ3) is 7.75. The summed E-state index contributed by atoms with van der Waals surface area (Å²) in [7, 11) is 1.55. The Morgan fingerprint density at radius 2 is 1.96 bits per heavy atom. The third-order valence-corrected chi connectivity index (χ3v) is 2.59. The molecule has 0 fully saturated rings. The summed E-state index contributed by atoms with van der Waals surface area (Å²) in [5, 5.41) is 5.69. The summed E-state index contributed by atoms with van der Waals surface area (Å²) in [5.41, 5.74) is -0.553. The first kappa shape index (κ1) is 19.7. The van der Waals surface area contributed by atoms with Crippen molar-refractivity contribution in [2.75, 3.05) is 26.7 Å². The first-order chi connectivity index (χ1) is 11.2. The molecule has 0 aliphatic carbocycles. The Labute approximate surface area is 140 Å². The highest BCUT2D eigenvalue weighted by Gasteiger charge is 2.16. The van der Waals surface area contributed by atoms with E-state index in [9.17, 15) is 13.6 Å². The summed E-state index contributed by atoms with van der Waals surface area (Å²) >= 11 is 0. The summed E-state index contributed by atoms with van der Waals surface area (Å²) < 4.78 is 36.5. The average Bonchev–Trinajstić information content (AvgIpc) is 2.46. The van der Waals surface area contributed by atoms with Crippen molar-refractivity contribution in [3.05, 3.63) is 29.8 Å². The maximum atomic E-state index is 13.4. The number of guanidine groups is 1. The molecule has 1 rings (SSSR count). The number of aliphatic imine (C=N–C) groups is 1. The van der Waals surface area contributed by atoms with Crippen LogP contribution in [0.1, 0.15) is 20.8 Å². The minimum atomic E-state index is -0.762. The van der Waals surface area contributed by atoms with E-state index in [-0.39, 0.29) is 18.9 Å². The molecule has 0 saturated heterocycles. The molecule has 0 bridgehead atoms. The van der Waals surface area contributed by atoms with Crippen LogP contribution in [0.3, 0.4) is 0 Å². The lowest BCUT2D eigenvalue weighted by Crippen LogP contribution is -2.42. The van der Waals surface area contributed by atoms with Gasteiger partial charge in [-0.15, -0.1) is 0 Å². The van der Waals surface area contributed by atoms with Crippen molar-refractivity contribution >= 4 is 11.9 Å². The van der Waals surface area contributed by atoms with Crippen molar-refractivity contribution in [3.8, 4) is 5.75 Å². The quantitative estimate of drug-likeness (QED) is 0.357. The van der Waals surface area contributed by atoms with Crippen LogP contribution in [-0.4, -0.2) is 44.3 Å². The molecule has 0 aliphatic heterocycles. The highest BCUT2D eigenvalue weighted by Crippen LogP contribution is 2.17. The Bertz CT molecular complexity index is 586. The number of nitrogens with zero attached hydrogens (tertiary/aromatic N) is 1. The monoisotopic (exact) mass is 343 g/mol. The molecule has 2 N–H and O–H groups in total. The largest absolute Gasteiger partial charge is 0.489 e. The molecule has 0 heterocycles. The van der Waals surface area contributed by atoms with Gasteiger partial charge < -0.3 is 20.1 Å². The number of carbonyl (C=O) groups excluding carboxylic acids is 1. The molecule has 0 saturated carbocycles. The molecule has 134 valence electrons. The minimum Gasteiger partial charge on any atom is -0.489 e. The molecule has 0 spiro atoms. The summed E-state index contributed by atoms with van der Waals surface area (Å²) in [4.78, 5) is 15.5. The molecular formula is C16H23F2N3O3. The van der Waals surface area contributed by atoms with E-state index in [0.29, 0.717) is 12.5 Å². The van der Waals surface area contributed by atoms with Gasteiger partial charge in [0.2, 0.25) is 0 Å². The number of carbonyl (C=O) groups is 1. The van der Waals surface area contributed by atoms with Crippen LogP contribution in [0.4, 0.5) is 8.78 Å². The van der Waals surface area contributed by atoms with Crippen molar-refractivity contribution in [2.24, 2.45) is 4.99 Å². The second-order valence-corrected chi connectivity index (χ2v) is 5.86. The van der Waals surface area contributed by atoms with Crippen LogP contribution in [-0.2, 0) is 9.53 Å². The molecule has 8 heteroatoms. The van der Waals surface area contributed by atoms with Gasteiger partial charge in [0, 0.05) is 13.1 Å². The van der Waals surface area contributed by atoms with Gasteiger partial charge in [-0.1, -0.05) is 0 Å². The van der Waals surface area contributed by atoms with Crippen molar-refractivity contribution in [1.29, 1.82) is 0 Å². The Hall–Kier alpha value is -2.38. The van der Waals surface area contributed by atoms with E-state index in [4.69, 9.17) is 9.47 Å². The van der Waals surface area contributed by atoms with Crippen LogP contribution in [0.2, 0.25) is 0 Å². The van der Waals surface area contributed by atoms with E-state index < -0.39 is 23.2 Å². The first-order valence-electron chi connectivity index (χ1n) is 7.45. The fraction of sp³-hybridized carbons (Fsp3) is 0.500. The van der Waals surface area contributed by atoms with Crippen LogP contribution in [0, 0.1) is 11.6 Å². The average molecular weight is 343 g/mol. The number of rotatable bonds is 6. The smallest absolute Gasteiger partial charge is 0.325 e. The Balaban J connectivity index is 2.30. The van der Waals surface area contributed by atoms with Gasteiger partial charge in [0.15, 0.2) is 17.5 Å². The zero-order valence-corrected chi connectivity index (χ0v) is 14.3. The number of hydrogen-bond acceptors (Lipinski definition) is 4. The zero-order valence-electron chi connectivity index (χ0n) is 14.3. The molecule has 0 atom stereocenters. The number of benzene rings is 1. The number of esters is 1. The van der Waals surface area contributed by atoms with E-state index in [0.717, 1.165) is 12.1 Å². The molecule has 0 radical (unpaired) electrons. The summed E-state index contributed by atoms with van der Waals surface area (Å²) in [6.45, 7) is 5.75. The third-order valence-electron chi connectivity index (χ3n) is 2.59. The molecule has 0 amide bonds. The van der Waals surface area contributed by atoms with Gasteiger partial charge in [0.25, 0.3) is 0 Å². The van der Waals surface area contributed by atoms with Crippen LogP contribution in [0.15, 0.2) is 23.2 Å². The summed E-state index contributed by atoms with van der Waals surface area (Å²) in [6.07, 6.45) is 0. The first-order valence-corrected chi connectivity index (χ1v) is 7.45. The summed E-state index contributed by atoms with van der Waals surface area (Å²) in [5.74, 6) is -1.49. The topological polar surface area (TPSA) is 72.0 Å². The van der Waals surface area contributed by atoms with Crippen molar-refractivity contribution in [1.82, 2.24) is 10.6 Å². The van der Waals surface area contributed by atoms with E-state index in [1.54, 1.807) is 27.8 Å². The second kappa shape index (κ2) is 9.05. The van der Waals surface area contributed by atoms with Crippen LogP contribution < -0.4 is 15.4 Å². The highest BCUT2D eigenvalue weighted by molar-refractivity contribution is 5.84. The number of nitrogens with one attached hydrogen (secondary N) is 2. The van der Waals surface area contributed by atoms with Gasteiger partial charge in [-0.25, -0.2) is 8.78 Å². The molecule has 1 aromatic carbocycles. The fourth-order valence-electron chi connectivity index (χ4n) is 1.68. The minimum absolute atomic E-state index is 0.0325. The van der Waals surface area contributed by atoms with Crippen LogP contribution >= 0.6 is 0 Å². The number of hydrogen-bond donors (Lipinski definition) is 2. The van der Waals surface area contributed by atoms with Gasteiger partial charge >= 0.3 is 5.97 Å². The maximum absolute atomic E-state index is 13.4. The predicted octanol–water partition coefficient (Wildman–Crippen LogP) is 1.85. The number of ether oxygens (including phenoxy) is 2. The summed E-state index contributed by atoms with van der Waals surface area (Å²) in [6, 6.07) is 3.09. The van der Waals surface area contributed by atoms with Crippen molar-refractivity contribution in [2.45, 2.75) is 26.4 Å². The lowest BCUT2D eigenvalue weighted by Gasteiger charge is -2.20. The maximum Gasteiger partial charge on any atom is 0.325 e. The molecule has 1 aromatic rings. The highest BCUT2D eigenvalue weighted by atomic mass is 19.1. The lowest BCUT2D eigenvalue weighted by atomic mass is 10.2. The Morgan fingerprint density at radius 1 is 1.25 bits per heavy atom. The molecule has 0 aliphatic rings. The van der Waals surface area contributed by atoms with Crippen LogP contribution in [0.5, 0.6) is 5.75 Å². The van der Waals surface area contributed by atoms with Gasteiger partial charge in [-0.05, 0) is 32.9 Å². The predicted molar refractivity (Wildman–Crippen MR) is 87.1 cm³/mol. The molecule has 0 aromatic heterocycles.